The number of ether oxygens (including phenoxy) is 2. The van der Waals surface area contributed by atoms with Crippen molar-refractivity contribution in [2.75, 3.05) is 18.5 Å². The zero-order valence-electron chi connectivity index (χ0n) is 12.4. The van der Waals surface area contributed by atoms with E-state index < -0.39 is 0 Å². The van der Waals surface area contributed by atoms with Crippen LogP contribution in [0.1, 0.15) is 41.0 Å². The second kappa shape index (κ2) is 7.76. The van der Waals surface area contributed by atoms with Crippen LogP contribution in [-0.4, -0.2) is 34.2 Å². The van der Waals surface area contributed by atoms with Crippen LogP contribution in [0.4, 0.5) is 5.95 Å². The lowest BCUT2D eigenvalue weighted by atomic mass is 10.2. The van der Waals surface area contributed by atoms with E-state index in [0.29, 0.717) is 30.5 Å². The SMILES string of the molecule is CCCNc1nc(OCC(C)C)nc(OC(C)C)n1. The summed E-state index contributed by atoms with van der Waals surface area (Å²) in [5, 5.41) is 3.11. The lowest BCUT2D eigenvalue weighted by Gasteiger charge is -2.12. The molecule has 1 aromatic rings. The van der Waals surface area contributed by atoms with E-state index in [4.69, 9.17) is 9.47 Å². The molecule has 0 aromatic carbocycles. The first kappa shape index (κ1) is 15.5. The van der Waals surface area contributed by atoms with Crippen molar-refractivity contribution in [2.45, 2.75) is 47.1 Å². The van der Waals surface area contributed by atoms with Crippen molar-refractivity contribution in [2.24, 2.45) is 5.92 Å². The molecule has 1 heterocycles. The van der Waals surface area contributed by atoms with E-state index in [2.05, 4.69) is 41.0 Å². The third-order valence-electron chi connectivity index (χ3n) is 2.01. The van der Waals surface area contributed by atoms with Crippen LogP contribution in [-0.2, 0) is 0 Å². The quantitative estimate of drug-likeness (QED) is 0.781. The summed E-state index contributed by atoms with van der Waals surface area (Å²) in [4.78, 5) is 12.6. The Labute approximate surface area is 115 Å². The number of nitrogens with one attached hydrogen (secondary N) is 1. The first-order chi connectivity index (χ1) is 9.01. The highest BCUT2D eigenvalue weighted by atomic mass is 16.5. The Kier molecular flexibility index (Phi) is 6.32. The molecule has 0 saturated heterocycles. The van der Waals surface area contributed by atoms with E-state index in [1.165, 1.54) is 0 Å². The number of aromatic nitrogens is 3. The van der Waals surface area contributed by atoms with Crippen LogP contribution in [0.5, 0.6) is 12.0 Å². The normalized spacial score (nSPS) is 10.9. The summed E-state index contributed by atoms with van der Waals surface area (Å²) in [5.74, 6) is 0.907. The van der Waals surface area contributed by atoms with E-state index >= 15 is 0 Å². The van der Waals surface area contributed by atoms with Gasteiger partial charge < -0.3 is 14.8 Å². The minimum absolute atomic E-state index is 0.0133. The van der Waals surface area contributed by atoms with Crippen molar-refractivity contribution >= 4 is 5.95 Å². The van der Waals surface area contributed by atoms with Gasteiger partial charge in [0.05, 0.1) is 12.7 Å². The van der Waals surface area contributed by atoms with Gasteiger partial charge in [-0.2, -0.15) is 9.97 Å². The fraction of sp³-hybridized carbons (Fsp3) is 0.769. The van der Waals surface area contributed by atoms with Gasteiger partial charge in [-0.15, -0.1) is 4.98 Å². The van der Waals surface area contributed by atoms with Crippen LogP contribution < -0.4 is 14.8 Å². The molecule has 0 saturated carbocycles. The smallest absolute Gasteiger partial charge is 0.324 e. The van der Waals surface area contributed by atoms with Gasteiger partial charge in [0.1, 0.15) is 0 Å². The Hall–Kier alpha value is -1.59. The number of rotatable bonds is 8. The highest BCUT2D eigenvalue weighted by molar-refractivity contribution is 5.27. The molecule has 0 radical (unpaired) electrons. The highest BCUT2D eigenvalue weighted by Gasteiger charge is 2.10. The van der Waals surface area contributed by atoms with Crippen LogP contribution >= 0.6 is 0 Å². The lowest BCUT2D eigenvalue weighted by Crippen LogP contribution is -2.14. The molecule has 0 spiro atoms. The Morgan fingerprint density at radius 3 is 2.32 bits per heavy atom. The standard InChI is InChI=1S/C13H24N4O2/c1-6-7-14-11-15-12(18-8-9(2)3)17-13(16-11)19-10(4)5/h9-10H,6-8H2,1-5H3,(H,14,15,16,17). The molecule has 6 heteroatoms. The predicted molar refractivity (Wildman–Crippen MR) is 74.7 cm³/mol. The predicted octanol–water partition coefficient (Wildman–Crippen LogP) is 2.52. The Bertz CT molecular complexity index is 383. The number of hydrogen-bond acceptors (Lipinski definition) is 6. The van der Waals surface area contributed by atoms with Crippen LogP contribution in [0, 0.1) is 5.92 Å². The molecular formula is C13H24N4O2. The molecule has 0 amide bonds. The van der Waals surface area contributed by atoms with Gasteiger partial charge in [-0.05, 0) is 26.2 Å². The molecule has 0 aliphatic heterocycles. The van der Waals surface area contributed by atoms with Crippen LogP contribution in [0.3, 0.4) is 0 Å². The number of hydrogen-bond donors (Lipinski definition) is 1. The van der Waals surface area contributed by atoms with E-state index in [-0.39, 0.29) is 6.10 Å². The molecule has 1 aromatic heterocycles. The topological polar surface area (TPSA) is 69.2 Å². The Morgan fingerprint density at radius 1 is 1.05 bits per heavy atom. The largest absolute Gasteiger partial charge is 0.463 e. The van der Waals surface area contributed by atoms with Crippen molar-refractivity contribution in [3.63, 3.8) is 0 Å². The summed E-state index contributed by atoms with van der Waals surface area (Å²) < 4.78 is 11.0. The summed E-state index contributed by atoms with van der Waals surface area (Å²) in [6.45, 7) is 11.4. The molecule has 108 valence electrons. The molecule has 19 heavy (non-hydrogen) atoms. The molecule has 1 rings (SSSR count). The van der Waals surface area contributed by atoms with Crippen LogP contribution in [0.15, 0.2) is 0 Å². The zero-order chi connectivity index (χ0) is 14.3. The van der Waals surface area contributed by atoms with E-state index in [0.717, 1.165) is 13.0 Å². The van der Waals surface area contributed by atoms with Gasteiger partial charge in [-0.1, -0.05) is 20.8 Å². The van der Waals surface area contributed by atoms with Crippen LogP contribution in [0.2, 0.25) is 0 Å². The van der Waals surface area contributed by atoms with E-state index in [1.54, 1.807) is 0 Å². The van der Waals surface area contributed by atoms with Gasteiger partial charge in [-0.25, -0.2) is 0 Å². The minimum Gasteiger partial charge on any atom is -0.463 e. The molecule has 0 bridgehead atoms. The van der Waals surface area contributed by atoms with Gasteiger partial charge in [-0.3, -0.25) is 0 Å². The molecular weight excluding hydrogens is 244 g/mol. The van der Waals surface area contributed by atoms with E-state index in [9.17, 15) is 0 Å². The summed E-state index contributed by atoms with van der Waals surface area (Å²) in [6, 6.07) is 0.598. The van der Waals surface area contributed by atoms with E-state index in [1.807, 2.05) is 13.8 Å². The summed E-state index contributed by atoms with van der Waals surface area (Å²) in [6.07, 6.45) is 1.01. The first-order valence-corrected chi connectivity index (χ1v) is 6.80. The van der Waals surface area contributed by atoms with Gasteiger partial charge >= 0.3 is 12.0 Å². The maximum absolute atomic E-state index is 5.53. The molecule has 0 aliphatic carbocycles. The van der Waals surface area contributed by atoms with Crippen molar-refractivity contribution in [3.05, 3.63) is 0 Å². The monoisotopic (exact) mass is 268 g/mol. The maximum Gasteiger partial charge on any atom is 0.324 e. The summed E-state index contributed by atoms with van der Waals surface area (Å²) in [7, 11) is 0. The lowest BCUT2D eigenvalue weighted by molar-refractivity contribution is 0.207. The summed E-state index contributed by atoms with van der Waals surface area (Å²) >= 11 is 0. The van der Waals surface area contributed by atoms with Crippen molar-refractivity contribution in [1.29, 1.82) is 0 Å². The number of anilines is 1. The first-order valence-electron chi connectivity index (χ1n) is 6.80. The van der Waals surface area contributed by atoms with Crippen LogP contribution in [0.25, 0.3) is 0 Å². The Balaban J connectivity index is 2.81. The van der Waals surface area contributed by atoms with Crippen molar-refractivity contribution < 1.29 is 9.47 Å². The summed E-state index contributed by atoms with van der Waals surface area (Å²) in [5.41, 5.74) is 0. The van der Waals surface area contributed by atoms with Gasteiger partial charge in [0, 0.05) is 6.54 Å². The molecule has 1 N–H and O–H groups in total. The highest BCUT2D eigenvalue weighted by Crippen LogP contribution is 2.14. The fourth-order valence-electron chi connectivity index (χ4n) is 1.22. The molecule has 6 nitrogen and oxygen atoms in total. The Morgan fingerprint density at radius 2 is 1.74 bits per heavy atom. The third-order valence-corrected chi connectivity index (χ3v) is 2.01. The average Bonchev–Trinajstić information content (AvgIpc) is 2.33. The number of nitrogens with zero attached hydrogens (tertiary/aromatic N) is 3. The van der Waals surface area contributed by atoms with Gasteiger partial charge in [0.15, 0.2) is 0 Å². The van der Waals surface area contributed by atoms with Crippen molar-refractivity contribution in [3.8, 4) is 12.0 Å². The van der Waals surface area contributed by atoms with Crippen molar-refractivity contribution in [1.82, 2.24) is 15.0 Å². The molecule has 0 fully saturated rings. The third kappa shape index (κ3) is 6.22. The molecule has 0 unspecified atom stereocenters. The second-order valence-corrected chi connectivity index (χ2v) is 5.02. The van der Waals surface area contributed by atoms with Gasteiger partial charge in [0.25, 0.3) is 0 Å². The molecule has 0 aliphatic rings. The molecule has 0 atom stereocenters. The zero-order valence-corrected chi connectivity index (χ0v) is 12.4. The maximum atomic E-state index is 5.53. The average molecular weight is 268 g/mol. The van der Waals surface area contributed by atoms with Gasteiger partial charge in [0.2, 0.25) is 5.95 Å². The second-order valence-electron chi connectivity index (χ2n) is 5.02. The fourth-order valence-corrected chi connectivity index (χ4v) is 1.22. The minimum atomic E-state index is 0.0133.